The molecular weight excluding hydrogens is 274 g/mol. The Hall–Kier alpha value is -1.85. The van der Waals surface area contributed by atoms with Crippen LogP contribution in [0.3, 0.4) is 0 Å². The van der Waals surface area contributed by atoms with Crippen molar-refractivity contribution in [1.82, 2.24) is 0 Å². The van der Waals surface area contributed by atoms with Gasteiger partial charge in [-0.25, -0.2) is 22.0 Å². The maximum atomic E-state index is 13.8. The van der Waals surface area contributed by atoms with Crippen molar-refractivity contribution in [3.63, 3.8) is 0 Å². The third-order valence-electron chi connectivity index (χ3n) is 3.08. The predicted octanol–water partition coefficient (Wildman–Crippen LogP) is 2.65. The largest absolute Gasteiger partial charge is 0.207 e. The molecule has 2 aromatic rings. The molecular formula is C14H9BF5. The summed E-state index contributed by atoms with van der Waals surface area (Å²) in [4.78, 5) is 0. The summed E-state index contributed by atoms with van der Waals surface area (Å²) < 4.78 is 67.1. The fourth-order valence-corrected chi connectivity index (χ4v) is 1.81. The fourth-order valence-electron chi connectivity index (χ4n) is 1.81. The average molecular weight is 283 g/mol. The Kier molecular flexibility index (Phi) is 3.83. The van der Waals surface area contributed by atoms with Crippen molar-refractivity contribution in [2.75, 3.05) is 0 Å². The summed E-state index contributed by atoms with van der Waals surface area (Å²) in [6, 6.07) is 2.17. The zero-order chi connectivity index (χ0) is 15.0. The van der Waals surface area contributed by atoms with Gasteiger partial charge in [-0.3, -0.25) is 0 Å². The zero-order valence-electron chi connectivity index (χ0n) is 10.7. The number of hydrogen-bond donors (Lipinski definition) is 0. The van der Waals surface area contributed by atoms with E-state index >= 15 is 0 Å². The molecule has 0 aliphatic heterocycles. The van der Waals surface area contributed by atoms with E-state index in [1.54, 1.807) is 0 Å². The van der Waals surface area contributed by atoms with Crippen LogP contribution in [0, 0.1) is 42.9 Å². The van der Waals surface area contributed by atoms with E-state index in [4.69, 9.17) is 0 Å². The smallest absolute Gasteiger partial charge is 0.199 e. The van der Waals surface area contributed by atoms with Crippen LogP contribution in [0.4, 0.5) is 22.0 Å². The first-order chi connectivity index (χ1) is 9.31. The second-order valence-electron chi connectivity index (χ2n) is 4.44. The first kappa shape index (κ1) is 14.6. The minimum absolute atomic E-state index is 0.00805. The monoisotopic (exact) mass is 283 g/mol. The van der Waals surface area contributed by atoms with Crippen molar-refractivity contribution in [3.05, 3.63) is 58.4 Å². The summed E-state index contributed by atoms with van der Waals surface area (Å²) in [6.07, 6.45) is 0. The van der Waals surface area contributed by atoms with Crippen molar-refractivity contribution < 1.29 is 22.0 Å². The van der Waals surface area contributed by atoms with Gasteiger partial charge in [0.05, 0.1) is 0 Å². The van der Waals surface area contributed by atoms with Gasteiger partial charge in [-0.1, -0.05) is 5.46 Å². The highest BCUT2D eigenvalue weighted by molar-refractivity contribution is 6.68. The molecule has 0 heterocycles. The van der Waals surface area contributed by atoms with E-state index in [1.807, 2.05) is 0 Å². The van der Waals surface area contributed by atoms with Gasteiger partial charge in [0.25, 0.3) is 0 Å². The lowest BCUT2D eigenvalue weighted by Crippen LogP contribution is -2.35. The second-order valence-corrected chi connectivity index (χ2v) is 4.44. The number of hydrogen-bond acceptors (Lipinski definition) is 0. The number of halogens is 5. The molecule has 2 rings (SSSR count). The molecule has 0 N–H and O–H groups in total. The van der Waals surface area contributed by atoms with Crippen LogP contribution in [0.25, 0.3) is 0 Å². The molecule has 20 heavy (non-hydrogen) atoms. The lowest BCUT2D eigenvalue weighted by molar-refractivity contribution is 0.542. The summed E-state index contributed by atoms with van der Waals surface area (Å²) in [5.41, 5.74) is -0.845. The molecule has 0 amide bonds. The molecule has 6 heteroatoms. The van der Waals surface area contributed by atoms with Crippen LogP contribution < -0.4 is 10.9 Å². The molecule has 0 saturated heterocycles. The van der Waals surface area contributed by atoms with Crippen molar-refractivity contribution in [2.24, 2.45) is 0 Å². The van der Waals surface area contributed by atoms with E-state index in [1.165, 1.54) is 6.92 Å². The summed E-state index contributed by atoms with van der Waals surface area (Å²) in [5.74, 6) is -4.92. The van der Waals surface area contributed by atoms with E-state index in [2.05, 4.69) is 0 Å². The summed E-state index contributed by atoms with van der Waals surface area (Å²) >= 11 is 0. The third-order valence-corrected chi connectivity index (χ3v) is 3.08. The normalized spacial score (nSPS) is 10.8. The molecule has 1 radical (unpaired) electrons. The Balaban J connectivity index is 2.54. The van der Waals surface area contributed by atoms with Crippen molar-refractivity contribution >= 4 is 18.2 Å². The third kappa shape index (κ3) is 2.55. The maximum absolute atomic E-state index is 13.8. The summed E-state index contributed by atoms with van der Waals surface area (Å²) in [5, 5.41) is 0. The molecule has 2 aromatic carbocycles. The van der Waals surface area contributed by atoms with Crippen LogP contribution >= 0.6 is 0 Å². The van der Waals surface area contributed by atoms with Gasteiger partial charge in [0.15, 0.2) is 7.28 Å². The molecule has 0 aliphatic rings. The van der Waals surface area contributed by atoms with Gasteiger partial charge in [-0.15, -0.1) is 0 Å². The van der Waals surface area contributed by atoms with Crippen molar-refractivity contribution in [3.8, 4) is 0 Å². The Morgan fingerprint density at radius 2 is 1.35 bits per heavy atom. The van der Waals surface area contributed by atoms with Crippen molar-refractivity contribution in [1.29, 1.82) is 0 Å². The van der Waals surface area contributed by atoms with Gasteiger partial charge in [0.2, 0.25) is 0 Å². The fraction of sp³-hybridized carbons (Fsp3) is 0.143. The van der Waals surface area contributed by atoms with Crippen LogP contribution in [0.5, 0.6) is 0 Å². The molecule has 0 nitrogen and oxygen atoms in total. The van der Waals surface area contributed by atoms with Crippen LogP contribution in [-0.4, -0.2) is 7.28 Å². The molecule has 0 unspecified atom stereocenters. The molecule has 0 fully saturated rings. The molecule has 0 aliphatic carbocycles. The molecule has 0 saturated carbocycles. The van der Waals surface area contributed by atoms with E-state index in [-0.39, 0.29) is 16.6 Å². The van der Waals surface area contributed by atoms with Crippen LogP contribution in [0.15, 0.2) is 18.2 Å². The van der Waals surface area contributed by atoms with Crippen LogP contribution in [-0.2, 0) is 0 Å². The second kappa shape index (κ2) is 5.27. The Morgan fingerprint density at radius 1 is 0.750 bits per heavy atom. The highest BCUT2D eigenvalue weighted by Crippen LogP contribution is 2.12. The highest BCUT2D eigenvalue weighted by atomic mass is 19.2. The Bertz CT molecular complexity index is 682. The molecule has 0 atom stereocenters. The van der Waals surface area contributed by atoms with E-state index in [0.717, 1.165) is 20.3 Å². The first-order valence-corrected chi connectivity index (χ1v) is 5.75. The SMILES string of the molecule is Cc1c(F)cc(F)cc1[B]c1c(F)cc(F)c(C)c1F. The first-order valence-electron chi connectivity index (χ1n) is 5.75. The summed E-state index contributed by atoms with van der Waals surface area (Å²) in [7, 11) is 0.957. The highest BCUT2D eigenvalue weighted by Gasteiger charge is 2.19. The van der Waals surface area contributed by atoms with E-state index in [0.29, 0.717) is 12.1 Å². The molecule has 0 aromatic heterocycles. The Labute approximate surface area is 113 Å². The van der Waals surface area contributed by atoms with Crippen LogP contribution in [0.1, 0.15) is 11.1 Å². The molecule has 0 spiro atoms. The van der Waals surface area contributed by atoms with Gasteiger partial charge in [0, 0.05) is 17.7 Å². The van der Waals surface area contributed by atoms with Gasteiger partial charge in [-0.2, -0.15) is 0 Å². The molecule has 0 bridgehead atoms. The standard InChI is InChI=1S/C14H9BF5/c1-6-9(3-8(16)4-10(6)17)15-13-12(19)5-11(18)7(2)14(13)20/h3-5H,1-2H3. The lowest BCUT2D eigenvalue weighted by Gasteiger charge is -2.10. The van der Waals surface area contributed by atoms with Gasteiger partial charge < -0.3 is 0 Å². The molecule has 103 valence electrons. The zero-order valence-corrected chi connectivity index (χ0v) is 10.7. The quantitative estimate of drug-likeness (QED) is 0.587. The van der Waals surface area contributed by atoms with Crippen molar-refractivity contribution in [2.45, 2.75) is 13.8 Å². The van der Waals surface area contributed by atoms with Crippen LogP contribution in [0.2, 0.25) is 0 Å². The lowest BCUT2D eigenvalue weighted by atomic mass is 9.61. The average Bonchev–Trinajstić information content (AvgIpc) is 2.37. The van der Waals surface area contributed by atoms with E-state index in [9.17, 15) is 22.0 Å². The van der Waals surface area contributed by atoms with Gasteiger partial charge in [-0.05, 0) is 30.9 Å². The minimum atomic E-state index is -1.13. The maximum Gasteiger partial charge on any atom is 0.199 e. The minimum Gasteiger partial charge on any atom is -0.207 e. The Morgan fingerprint density at radius 3 is 2.00 bits per heavy atom. The predicted molar refractivity (Wildman–Crippen MR) is 67.2 cm³/mol. The van der Waals surface area contributed by atoms with E-state index < -0.39 is 34.5 Å². The number of benzene rings is 2. The number of rotatable bonds is 2. The topological polar surface area (TPSA) is 0 Å². The summed E-state index contributed by atoms with van der Waals surface area (Å²) in [6.45, 7) is 2.51. The van der Waals surface area contributed by atoms with Gasteiger partial charge in [0.1, 0.15) is 29.1 Å². The van der Waals surface area contributed by atoms with Gasteiger partial charge >= 0.3 is 0 Å².